The van der Waals surface area contributed by atoms with Gasteiger partial charge in [-0.25, -0.2) is 0 Å². The highest BCUT2D eigenvalue weighted by atomic mass is 16.2. The lowest BCUT2D eigenvalue weighted by Gasteiger charge is -2.15. The van der Waals surface area contributed by atoms with Crippen molar-refractivity contribution in [1.29, 1.82) is 0 Å². The lowest BCUT2D eigenvalue weighted by atomic mass is 10.2. The molecule has 0 heterocycles. The van der Waals surface area contributed by atoms with Crippen LogP contribution in [0.4, 0.5) is 5.69 Å². The average Bonchev–Trinajstić information content (AvgIpc) is 2.36. The summed E-state index contributed by atoms with van der Waals surface area (Å²) in [4.78, 5) is 22.5. The van der Waals surface area contributed by atoms with E-state index < -0.39 is 5.91 Å². The van der Waals surface area contributed by atoms with E-state index in [4.69, 9.17) is 5.73 Å². The van der Waals surface area contributed by atoms with E-state index in [1.807, 2.05) is 6.92 Å². The first kappa shape index (κ1) is 14.0. The van der Waals surface area contributed by atoms with Crippen molar-refractivity contribution in [2.45, 2.75) is 26.3 Å². The van der Waals surface area contributed by atoms with Crippen LogP contribution in [-0.2, 0) is 4.79 Å². The van der Waals surface area contributed by atoms with Crippen LogP contribution >= 0.6 is 0 Å². The molecule has 1 aromatic carbocycles. The number of amides is 2. The fourth-order valence-corrected chi connectivity index (χ4v) is 1.45. The topological polar surface area (TPSA) is 84.2 Å². The van der Waals surface area contributed by atoms with E-state index in [0.29, 0.717) is 12.1 Å². The number of rotatable bonds is 6. The molecule has 4 N–H and O–H groups in total. The minimum Gasteiger partial charge on any atom is -0.374 e. The van der Waals surface area contributed by atoms with Crippen molar-refractivity contribution in [2.24, 2.45) is 5.73 Å². The Bertz CT molecular complexity index is 415. The monoisotopic (exact) mass is 249 g/mol. The minimum absolute atomic E-state index is 0.0455. The van der Waals surface area contributed by atoms with Gasteiger partial charge in [-0.2, -0.15) is 0 Å². The van der Waals surface area contributed by atoms with Gasteiger partial charge in [-0.1, -0.05) is 6.92 Å². The molecule has 1 atom stereocenters. The SMILES string of the molecule is CCCNC(=O)C(C)Nc1ccc(C(N)=O)cc1. The maximum Gasteiger partial charge on any atom is 0.248 e. The van der Waals surface area contributed by atoms with Gasteiger partial charge in [0.25, 0.3) is 0 Å². The highest BCUT2D eigenvalue weighted by Crippen LogP contribution is 2.10. The van der Waals surface area contributed by atoms with Gasteiger partial charge < -0.3 is 16.4 Å². The second kappa shape index (κ2) is 6.64. The van der Waals surface area contributed by atoms with Crippen LogP contribution in [0.25, 0.3) is 0 Å². The molecule has 0 aromatic heterocycles. The normalized spacial score (nSPS) is 11.7. The molecule has 1 aromatic rings. The van der Waals surface area contributed by atoms with Crippen molar-refractivity contribution in [2.75, 3.05) is 11.9 Å². The van der Waals surface area contributed by atoms with Crippen LogP contribution in [0.2, 0.25) is 0 Å². The van der Waals surface area contributed by atoms with Crippen molar-refractivity contribution >= 4 is 17.5 Å². The van der Waals surface area contributed by atoms with Crippen molar-refractivity contribution in [3.63, 3.8) is 0 Å². The van der Waals surface area contributed by atoms with Crippen LogP contribution in [0, 0.1) is 0 Å². The Morgan fingerprint density at radius 3 is 2.39 bits per heavy atom. The maximum absolute atomic E-state index is 11.6. The van der Waals surface area contributed by atoms with E-state index in [2.05, 4.69) is 10.6 Å². The molecule has 1 rings (SSSR count). The molecule has 0 spiro atoms. The van der Waals surface area contributed by atoms with E-state index in [1.54, 1.807) is 31.2 Å². The summed E-state index contributed by atoms with van der Waals surface area (Å²) in [6.07, 6.45) is 0.909. The minimum atomic E-state index is -0.463. The number of benzene rings is 1. The van der Waals surface area contributed by atoms with Gasteiger partial charge in [0.15, 0.2) is 0 Å². The van der Waals surface area contributed by atoms with Crippen molar-refractivity contribution in [3.05, 3.63) is 29.8 Å². The Labute approximate surface area is 107 Å². The Balaban J connectivity index is 2.56. The molecule has 0 bridgehead atoms. The summed E-state index contributed by atoms with van der Waals surface area (Å²) < 4.78 is 0. The lowest BCUT2D eigenvalue weighted by molar-refractivity contribution is -0.121. The average molecular weight is 249 g/mol. The Morgan fingerprint density at radius 2 is 1.89 bits per heavy atom. The number of nitrogens with two attached hydrogens (primary N) is 1. The van der Waals surface area contributed by atoms with E-state index in [1.165, 1.54) is 0 Å². The number of carbonyl (C=O) groups is 2. The largest absolute Gasteiger partial charge is 0.374 e. The van der Waals surface area contributed by atoms with Crippen molar-refractivity contribution in [3.8, 4) is 0 Å². The van der Waals surface area contributed by atoms with Crippen LogP contribution in [0.5, 0.6) is 0 Å². The van der Waals surface area contributed by atoms with Gasteiger partial charge in [-0.3, -0.25) is 9.59 Å². The summed E-state index contributed by atoms with van der Waals surface area (Å²) in [7, 11) is 0. The molecule has 18 heavy (non-hydrogen) atoms. The lowest BCUT2D eigenvalue weighted by Crippen LogP contribution is -2.37. The number of hydrogen-bond acceptors (Lipinski definition) is 3. The van der Waals surface area contributed by atoms with Gasteiger partial charge in [0.1, 0.15) is 6.04 Å². The summed E-state index contributed by atoms with van der Waals surface area (Å²) in [5.41, 5.74) is 6.37. The smallest absolute Gasteiger partial charge is 0.248 e. The van der Waals surface area contributed by atoms with Crippen LogP contribution in [0.1, 0.15) is 30.6 Å². The highest BCUT2D eigenvalue weighted by Gasteiger charge is 2.11. The first-order valence-electron chi connectivity index (χ1n) is 5.98. The van der Waals surface area contributed by atoms with Gasteiger partial charge >= 0.3 is 0 Å². The molecule has 0 radical (unpaired) electrons. The van der Waals surface area contributed by atoms with Crippen LogP contribution in [0.15, 0.2) is 24.3 Å². The Hall–Kier alpha value is -2.04. The highest BCUT2D eigenvalue weighted by molar-refractivity contribution is 5.93. The second-order valence-corrected chi connectivity index (χ2v) is 4.10. The first-order valence-corrected chi connectivity index (χ1v) is 5.98. The molecule has 98 valence electrons. The van der Waals surface area contributed by atoms with Crippen LogP contribution in [-0.4, -0.2) is 24.4 Å². The summed E-state index contributed by atoms with van der Waals surface area (Å²) in [5, 5.41) is 5.86. The molecule has 5 nitrogen and oxygen atoms in total. The zero-order valence-corrected chi connectivity index (χ0v) is 10.7. The number of primary amides is 1. The number of carbonyl (C=O) groups excluding carboxylic acids is 2. The van der Waals surface area contributed by atoms with E-state index in [9.17, 15) is 9.59 Å². The zero-order valence-electron chi connectivity index (χ0n) is 10.7. The first-order chi connectivity index (χ1) is 8.54. The molecular weight excluding hydrogens is 230 g/mol. The molecule has 5 heteroatoms. The number of anilines is 1. The molecule has 2 amide bonds. The molecule has 0 aliphatic rings. The Morgan fingerprint density at radius 1 is 1.28 bits per heavy atom. The van der Waals surface area contributed by atoms with Crippen LogP contribution in [0.3, 0.4) is 0 Å². The maximum atomic E-state index is 11.6. The summed E-state index contributed by atoms with van der Waals surface area (Å²) >= 11 is 0. The zero-order chi connectivity index (χ0) is 13.5. The standard InChI is InChI=1S/C13H19N3O2/c1-3-8-15-13(18)9(2)16-11-6-4-10(5-7-11)12(14)17/h4-7,9,16H,3,8H2,1-2H3,(H2,14,17)(H,15,18). The third kappa shape index (κ3) is 4.08. The number of nitrogens with one attached hydrogen (secondary N) is 2. The predicted molar refractivity (Wildman–Crippen MR) is 71.3 cm³/mol. The predicted octanol–water partition coefficient (Wildman–Crippen LogP) is 1.11. The molecule has 0 fully saturated rings. The van der Waals surface area contributed by atoms with E-state index >= 15 is 0 Å². The molecule has 0 saturated carbocycles. The summed E-state index contributed by atoms with van der Waals surface area (Å²) in [6.45, 7) is 4.46. The second-order valence-electron chi connectivity index (χ2n) is 4.10. The van der Waals surface area contributed by atoms with Crippen molar-refractivity contribution < 1.29 is 9.59 Å². The Kier molecular flexibility index (Phi) is 5.17. The summed E-state index contributed by atoms with van der Waals surface area (Å²) in [5.74, 6) is -0.508. The van der Waals surface area contributed by atoms with Crippen molar-refractivity contribution in [1.82, 2.24) is 5.32 Å². The van der Waals surface area contributed by atoms with E-state index in [0.717, 1.165) is 12.1 Å². The van der Waals surface area contributed by atoms with Gasteiger partial charge in [-0.05, 0) is 37.6 Å². The molecule has 0 aliphatic heterocycles. The molecule has 0 aliphatic carbocycles. The fourth-order valence-electron chi connectivity index (χ4n) is 1.45. The quantitative estimate of drug-likeness (QED) is 0.706. The van der Waals surface area contributed by atoms with Gasteiger partial charge in [0.05, 0.1) is 0 Å². The van der Waals surface area contributed by atoms with Gasteiger partial charge in [-0.15, -0.1) is 0 Å². The number of hydrogen-bond donors (Lipinski definition) is 3. The third-order valence-electron chi connectivity index (χ3n) is 2.50. The van der Waals surface area contributed by atoms with Crippen LogP contribution < -0.4 is 16.4 Å². The third-order valence-corrected chi connectivity index (χ3v) is 2.50. The molecular formula is C13H19N3O2. The molecule has 1 unspecified atom stereocenters. The van der Waals surface area contributed by atoms with E-state index in [-0.39, 0.29) is 11.9 Å². The van der Waals surface area contributed by atoms with Gasteiger partial charge in [0.2, 0.25) is 11.8 Å². The summed E-state index contributed by atoms with van der Waals surface area (Å²) in [6, 6.07) is 6.38. The fraction of sp³-hybridized carbons (Fsp3) is 0.385. The van der Waals surface area contributed by atoms with Gasteiger partial charge in [0, 0.05) is 17.8 Å². The molecule has 0 saturated heterocycles.